The largest absolute Gasteiger partial charge is 0.497 e. The summed E-state index contributed by atoms with van der Waals surface area (Å²) in [7, 11) is -0.232. The standard InChI is InChI=1S/C13H16ClNO5S/c1-19-9-3-8(4-10(5-9)20-2)13(16)15-12-7-21(17,18)6-11(12)14/h3-5,11-12H,6-7H2,1-2H3,(H,15,16)/t11-,12-/m0/s1. The maximum atomic E-state index is 12.2. The molecule has 1 saturated heterocycles. The lowest BCUT2D eigenvalue weighted by atomic mass is 10.1. The maximum absolute atomic E-state index is 12.2. The molecule has 0 unspecified atom stereocenters. The van der Waals surface area contributed by atoms with Crippen LogP contribution in [0.1, 0.15) is 10.4 Å². The van der Waals surface area contributed by atoms with Crippen LogP contribution < -0.4 is 14.8 Å². The zero-order chi connectivity index (χ0) is 15.6. The molecule has 1 aliphatic rings. The van der Waals surface area contributed by atoms with E-state index in [1.807, 2.05) is 0 Å². The van der Waals surface area contributed by atoms with Gasteiger partial charge in [0.2, 0.25) is 0 Å². The fourth-order valence-corrected chi connectivity index (χ4v) is 4.68. The van der Waals surface area contributed by atoms with Gasteiger partial charge in [0.05, 0.1) is 37.1 Å². The monoisotopic (exact) mass is 333 g/mol. The van der Waals surface area contributed by atoms with Crippen molar-refractivity contribution in [3.63, 3.8) is 0 Å². The molecule has 1 aromatic rings. The summed E-state index contributed by atoms with van der Waals surface area (Å²) in [6.45, 7) is 0. The van der Waals surface area contributed by atoms with Crippen molar-refractivity contribution < 1.29 is 22.7 Å². The number of carbonyl (C=O) groups is 1. The van der Waals surface area contributed by atoms with Gasteiger partial charge in [0.1, 0.15) is 11.5 Å². The summed E-state index contributed by atoms with van der Waals surface area (Å²) in [6.07, 6.45) is 0. The van der Waals surface area contributed by atoms with Gasteiger partial charge in [-0.1, -0.05) is 0 Å². The van der Waals surface area contributed by atoms with Crippen LogP contribution in [0, 0.1) is 0 Å². The topological polar surface area (TPSA) is 81.7 Å². The Kier molecular flexibility index (Phi) is 4.63. The van der Waals surface area contributed by atoms with E-state index in [-0.39, 0.29) is 11.5 Å². The number of nitrogens with one attached hydrogen (secondary N) is 1. The van der Waals surface area contributed by atoms with Crippen LogP contribution in [0.2, 0.25) is 0 Å². The third kappa shape index (κ3) is 3.79. The summed E-state index contributed by atoms with van der Waals surface area (Å²) in [6, 6.07) is 4.14. The van der Waals surface area contributed by atoms with Crippen molar-refractivity contribution in [2.75, 3.05) is 25.7 Å². The molecule has 2 rings (SSSR count). The van der Waals surface area contributed by atoms with Crippen LogP contribution in [0.5, 0.6) is 11.5 Å². The lowest BCUT2D eigenvalue weighted by Crippen LogP contribution is -2.40. The van der Waals surface area contributed by atoms with Gasteiger partial charge in [0.15, 0.2) is 9.84 Å². The molecular weight excluding hydrogens is 318 g/mol. The number of hydrogen-bond acceptors (Lipinski definition) is 5. The van der Waals surface area contributed by atoms with Crippen LogP contribution in [0.25, 0.3) is 0 Å². The first kappa shape index (κ1) is 15.9. The Labute approximate surface area is 128 Å². The van der Waals surface area contributed by atoms with Crippen LogP contribution in [-0.4, -0.2) is 51.5 Å². The highest BCUT2D eigenvalue weighted by molar-refractivity contribution is 7.91. The van der Waals surface area contributed by atoms with E-state index in [9.17, 15) is 13.2 Å². The van der Waals surface area contributed by atoms with Gasteiger partial charge >= 0.3 is 0 Å². The van der Waals surface area contributed by atoms with Crippen LogP contribution in [0.15, 0.2) is 18.2 Å². The average Bonchev–Trinajstić information content (AvgIpc) is 2.70. The second-order valence-corrected chi connectivity index (χ2v) is 7.49. The first-order valence-corrected chi connectivity index (χ1v) is 8.49. The lowest BCUT2D eigenvalue weighted by molar-refractivity contribution is 0.0941. The molecule has 1 N–H and O–H groups in total. The second-order valence-electron chi connectivity index (χ2n) is 4.77. The minimum Gasteiger partial charge on any atom is -0.497 e. The molecule has 1 aliphatic heterocycles. The normalized spacial score (nSPS) is 23.6. The molecule has 0 saturated carbocycles. The Balaban J connectivity index is 2.17. The van der Waals surface area contributed by atoms with E-state index in [4.69, 9.17) is 21.1 Å². The summed E-state index contributed by atoms with van der Waals surface area (Å²) in [4.78, 5) is 12.2. The lowest BCUT2D eigenvalue weighted by Gasteiger charge is -2.15. The Bertz CT molecular complexity index is 624. The summed E-state index contributed by atoms with van der Waals surface area (Å²) in [5, 5.41) is 2.02. The predicted molar refractivity (Wildman–Crippen MR) is 79.1 cm³/mol. The molecule has 21 heavy (non-hydrogen) atoms. The van der Waals surface area contributed by atoms with Crippen molar-refractivity contribution in [3.05, 3.63) is 23.8 Å². The summed E-state index contributed by atoms with van der Waals surface area (Å²) in [5.41, 5.74) is 0.319. The Morgan fingerprint density at radius 2 is 1.76 bits per heavy atom. The van der Waals surface area contributed by atoms with Gasteiger partial charge in [-0.25, -0.2) is 8.42 Å². The number of methoxy groups -OCH3 is 2. The number of ether oxygens (including phenoxy) is 2. The van der Waals surface area contributed by atoms with E-state index in [1.165, 1.54) is 14.2 Å². The third-order valence-electron chi connectivity index (χ3n) is 3.21. The van der Waals surface area contributed by atoms with Crippen molar-refractivity contribution in [2.45, 2.75) is 11.4 Å². The highest BCUT2D eigenvalue weighted by Gasteiger charge is 2.37. The van der Waals surface area contributed by atoms with E-state index >= 15 is 0 Å². The van der Waals surface area contributed by atoms with Gasteiger partial charge in [-0.05, 0) is 12.1 Å². The number of amides is 1. The van der Waals surface area contributed by atoms with Gasteiger partial charge in [-0.3, -0.25) is 4.79 Å². The molecule has 1 heterocycles. The number of halogens is 1. The summed E-state index contributed by atoms with van der Waals surface area (Å²) >= 11 is 5.97. The Morgan fingerprint density at radius 3 is 2.19 bits per heavy atom. The summed E-state index contributed by atoms with van der Waals surface area (Å²) in [5.74, 6) is 0.261. The molecule has 6 nitrogen and oxygen atoms in total. The molecule has 0 aromatic heterocycles. The molecular formula is C13H16ClNO5S. The molecule has 0 aliphatic carbocycles. The Hall–Kier alpha value is -1.47. The van der Waals surface area contributed by atoms with E-state index in [0.29, 0.717) is 17.1 Å². The molecule has 1 aromatic carbocycles. The number of benzene rings is 1. The second kappa shape index (κ2) is 6.11. The Morgan fingerprint density at radius 1 is 1.19 bits per heavy atom. The van der Waals surface area contributed by atoms with Crippen molar-refractivity contribution >= 4 is 27.3 Å². The molecule has 8 heteroatoms. The maximum Gasteiger partial charge on any atom is 0.251 e. The van der Waals surface area contributed by atoms with Crippen LogP contribution in [0.3, 0.4) is 0 Å². The fourth-order valence-electron chi connectivity index (χ4n) is 2.13. The first-order valence-electron chi connectivity index (χ1n) is 6.23. The van der Waals surface area contributed by atoms with Crippen LogP contribution in [-0.2, 0) is 9.84 Å². The first-order chi connectivity index (χ1) is 9.84. The number of sulfone groups is 1. The van der Waals surface area contributed by atoms with Gasteiger partial charge in [-0.2, -0.15) is 0 Å². The van der Waals surface area contributed by atoms with E-state index in [2.05, 4.69) is 5.32 Å². The van der Waals surface area contributed by atoms with E-state index < -0.39 is 27.2 Å². The molecule has 0 radical (unpaired) electrons. The van der Waals surface area contributed by atoms with E-state index in [1.54, 1.807) is 18.2 Å². The van der Waals surface area contributed by atoms with Crippen molar-refractivity contribution in [2.24, 2.45) is 0 Å². The smallest absolute Gasteiger partial charge is 0.251 e. The molecule has 0 bridgehead atoms. The molecule has 2 atom stereocenters. The summed E-state index contributed by atoms with van der Waals surface area (Å²) < 4.78 is 33.2. The minimum absolute atomic E-state index is 0.124. The van der Waals surface area contributed by atoms with Crippen molar-refractivity contribution in [1.29, 1.82) is 0 Å². The van der Waals surface area contributed by atoms with Gasteiger partial charge in [-0.15, -0.1) is 11.6 Å². The molecule has 1 amide bonds. The van der Waals surface area contributed by atoms with Gasteiger partial charge in [0.25, 0.3) is 5.91 Å². The molecule has 1 fully saturated rings. The van der Waals surface area contributed by atoms with E-state index in [0.717, 1.165) is 0 Å². The van der Waals surface area contributed by atoms with Gasteiger partial charge in [0, 0.05) is 11.6 Å². The highest BCUT2D eigenvalue weighted by atomic mass is 35.5. The number of alkyl halides is 1. The van der Waals surface area contributed by atoms with Crippen LogP contribution >= 0.6 is 11.6 Å². The zero-order valence-electron chi connectivity index (χ0n) is 11.6. The number of hydrogen-bond donors (Lipinski definition) is 1. The number of rotatable bonds is 4. The predicted octanol–water partition coefficient (Wildman–Crippen LogP) is 0.838. The average molecular weight is 334 g/mol. The van der Waals surface area contributed by atoms with Crippen molar-refractivity contribution in [1.82, 2.24) is 5.32 Å². The number of carbonyl (C=O) groups excluding carboxylic acids is 1. The molecule has 0 spiro atoms. The third-order valence-corrected chi connectivity index (χ3v) is 5.59. The van der Waals surface area contributed by atoms with Crippen molar-refractivity contribution in [3.8, 4) is 11.5 Å². The SMILES string of the molecule is COc1cc(OC)cc(C(=O)N[C@H]2CS(=O)(=O)C[C@@H]2Cl)c1. The fraction of sp³-hybridized carbons (Fsp3) is 0.462. The zero-order valence-corrected chi connectivity index (χ0v) is 13.2. The quantitative estimate of drug-likeness (QED) is 0.826. The molecule has 116 valence electrons. The van der Waals surface area contributed by atoms with Crippen LogP contribution in [0.4, 0.5) is 0 Å². The highest BCUT2D eigenvalue weighted by Crippen LogP contribution is 2.23. The minimum atomic E-state index is -3.19. The van der Waals surface area contributed by atoms with Gasteiger partial charge < -0.3 is 14.8 Å².